The van der Waals surface area contributed by atoms with Crippen molar-refractivity contribution in [1.82, 2.24) is 4.90 Å². The van der Waals surface area contributed by atoms with Crippen molar-refractivity contribution < 1.29 is 24.2 Å². The van der Waals surface area contributed by atoms with Crippen LogP contribution in [0.2, 0.25) is 0 Å². The number of thioether (sulfide) groups is 1. The quantitative estimate of drug-likeness (QED) is 0.454. The Morgan fingerprint density at radius 3 is 2.62 bits per heavy atom. The first-order chi connectivity index (χ1) is 13.8. The molecule has 1 aliphatic rings. The molecule has 1 fully saturated rings. The van der Waals surface area contributed by atoms with Crippen molar-refractivity contribution >= 4 is 63.2 Å². The molecule has 0 spiro atoms. The van der Waals surface area contributed by atoms with E-state index in [4.69, 9.17) is 4.74 Å². The SMILES string of the molecule is COc1cc(/C=C2/SC(=O)N(CC(=O)Nc3ccc(C)cc3)C2=O)cc(I)c1O. The van der Waals surface area contributed by atoms with Gasteiger partial charge in [0.05, 0.1) is 15.6 Å². The normalized spacial score (nSPS) is 15.1. The number of rotatable bonds is 5. The Morgan fingerprint density at radius 2 is 1.97 bits per heavy atom. The van der Waals surface area contributed by atoms with Gasteiger partial charge in [0.2, 0.25) is 5.91 Å². The first-order valence-electron chi connectivity index (χ1n) is 8.47. The number of nitrogens with zero attached hydrogens (tertiary/aromatic N) is 1. The van der Waals surface area contributed by atoms with E-state index in [1.165, 1.54) is 13.2 Å². The predicted octanol–water partition coefficient (Wildman–Crippen LogP) is 3.99. The number of ether oxygens (including phenoxy) is 1. The Kier molecular flexibility index (Phi) is 6.48. The number of imide groups is 1. The average molecular weight is 524 g/mol. The average Bonchev–Trinajstić information content (AvgIpc) is 2.93. The van der Waals surface area contributed by atoms with E-state index in [2.05, 4.69) is 5.32 Å². The van der Waals surface area contributed by atoms with Crippen LogP contribution in [-0.4, -0.2) is 40.7 Å². The zero-order chi connectivity index (χ0) is 21.1. The summed E-state index contributed by atoms with van der Waals surface area (Å²) in [6.07, 6.45) is 1.53. The van der Waals surface area contributed by atoms with E-state index in [1.54, 1.807) is 24.3 Å². The smallest absolute Gasteiger partial charge is 0.294 e. The van der Waals surface area contributed by atoms with Gasteiger partial charge in [-0.05, 0) is 77.2 Å². The number of methoxy groups -OCH3 is 1. The molecule has 1 heterocycles. The predicted molar refractivity (Wildman–Crippen MR) is 120 cm³/mol. The van der Waals surface area contributed by atoms with Crippen molar-refractivity contribution in [1.29, 1.82) is 0 Å². The van der Waals surface area contributed by atoms with Crippen molar-refractivity contribution in [3.63, 3.8) is 0 Å². The van der Waals surface area contributed by atoms with Gasteiger partial charge in [0.15, 0.2) is 11.5 Å². The van der Waals surface area contributed by atoms with E-state index in [1.807, 2.05) is 41.6 Å². The Hall–Kier alpha value is -2.53. The Morgan fingerprint density at radius 1 is 1.28 bits per heavy atom. The molecule has 2 N–H and O–H groups in total. The number of halogens is 1. The standard InChI is InChI=1S/C20H17IN2O5S/c1-11-3-5-13(6-4-11)22-17(24)10-23-19(26)16(29-20(23)27)9-12-7-14(21)18(25)15(8-12)28-2/h3-9,25H,10H2,1-2H3,(H,22,24)/b16-9+. The number of aryl methyl sites for hydroxylation is 1. The fourth-order valence-electron chi connectivity index (χ4n) is 2.60. The molecular formula is C20H17IN2O5S. The number of aromatic hydroxyl groups is 1. The summed E-state index contributed by atoms with van der Waals surface area (Å²) in [6, 6.07) is 10.4. The molecule has 150 valence electrons. The highest BCUT2D eigenvalue weighted by molar-refractivity contribution is 14.1. The number of carbonyl (C=O) groups excluding carboxylic acids is 3. The Bertz CT molecular complexity index is 1020. The Balaban J connectivity index is 1.74. The van der Waals surface area contributed by atoms with Crippen molar-refractivity contribution in [2.45, 2.75) is 6.92 Å². The van der Waals surface area contributed by atoms with Crippen LogP contribution in [0.5, 0.6) is 11.5 Å². The lowest BCUT2D eigenvalue weighted by Gasteiger charge is -2.12. The third-order valence-corrected chi connectivity index (χ3v) is 5.81. The van der Waals surface area contributed by atoms with Crippen LogP contribution in [0.4, 0.5) is 10.5 Å². The minimum absolute atomic E-state index is 0.00568. The van der Waals surface area contributed by atoms with Gasteiger partial charge < -0.3 is 15.2 Å². The number of anilines is 1. The molecule has 29 heavy (non-hydrogen) atoms. The number of carbonyl (C=O) groups is 3. The molecule has 3 rings (SSSR count). The minimum Gasteiger partial charge on any atom is -0.504 e. The number of benzene rings is 2. The summed E-state index contributed by atoms with van der Waals surface area (Å²) in [6.45, 7) is 1.56. The molecule has 0 unspecified atom stereocenters. The topological polar surface area (TPSA) is 95.9 Å². The zero-order valence-electron chi connectivity index (χ0n) is 15.6. The third kappa shape index (κ3) is 4.91. The summed E-state index contributed by atoms with van der Waals surface area (Å²) in [7, 11) is 1.43. The fraction of sp³-hybridized carbons (Fsp3) is 0.150. The van der Waals surface area contributed by atoms with Gasteiger partial charge in [-0.25, -0.2) is 0 Å². The number of amides is 3. The van der Waals surface area contributed by atoms with Crippen molar-refractivity contribution in [2.75, 3.05) is 19.0 Å². The van der Waals surface area contributed by atoms with Gasteiger partial charge in [0, 0.05) is 5.69 Å². The van der Waals surface area contributed by atoms with Gasteiger partial charge >= 0.3 is 0 Å². The van der Waals surface area contributed by atoms with Gasteiger partial charge in [-0.15, -0.1) is 0 Å². The Labute approximate surface area is 185 Å². The molecule has 1 saturated heterocycles. The summed E-state index contributed by atoms with van der Waals surface area (Å²) in [5.41, 5.74) is 2.24. The van der Waals surface area contributed by atoms with Crippen LogP contribution in [0.1, 0.15) is 11.1 Å². The molecule has 0 bridgehead atoms. The largest absolute Gasteiger partial charge is 0.504 e. The lowest BCUT2D eigenvalue weighted by atomic mass is 10.2. The van der Waals surface area contributed by atoms with E-state index >= 15 is 0 Å². The minimum atomic E-state index is -0.541. The zero-order valence-corrected chi connectivity index (χ0v) is 18.5. The summed E-state index contributed by atoms with van der Waals surface area (Å²) < 4.78 is 5.66. The van der Waals surface area contributed by atoms with E-state index in [-0.39, 0.29) is 22.9 Å². The lowest BCUT2D eigenvalue weighted by Crippen LogP contribution is -2.36. The molecule has 0 aliphatic carbocycles. The van der Waals surface area contributed by atoms with Gasteiger partial charge in [-0.2, -0.15) is 0 Å². The van der Waals surface area contributed by atoms with Crippen LogP contribution in [0, 0.1) is 10.5 Å². The first-order valence-corrected chi connectivity index (χ1v) is 10.4. The number of hydrogen-bond acceptors (Lipinski definition) is 6. The van der Waals surface area contributed by atoms with Crippen LogP contribution in [0.25, 0.3) is 6.08 Å². The molecule has 2 aromatic rings. The van der Waals surface area contributed by atoms with E-state index in [0.29, 0.717) is 14.8 Å². The highest BCUT2D eigenvalue weighted by Gasteiger charge is 2.36. The summed E-state index contributed by atoms with van der Waals surface area (Å²) in [5, 5.41) is 12.1. The van der Waals surface area contributed by atoms with E-state index < -0.39 is 17.1 Å². The third-order valence-electron chi connectivity index (χ3n) is 4.08. The highest BCUT2D eigenvalue weighted by Crippen LogP contribution is 2.36. The molecule has 0 saturated carbocycles. The number of hydrogen-bond donors (Lipinski definition) is 2. The maximum absolute atomic E-state index is 12.6. The van der Waals surface area contributed by atoms with Gasteiger partial charge in [-0.1, -0.05) is 17.7 Å². The summed E-state index contributed by atoms with van der Waals surface area (Å²) in [5.74, 6) is -0.731. The van der Waals surface area contributed by atoms with Crippen LogP contribution in [-0.2, 0) is 9.59 Å². The van der Waals surface area contributed by atoms with Gasteiger partial charge in [0.1, 0.15) is 6.54 Å². The number of phenols is 1. The second kappa shape index (κ2) is 8.87. The highest BCUT2D eigenvalue weighted by atomic mass is 127. The molecule has 0 atom stereocenters. The van der Waals surface area contributed by atoms with Crippen LogP contribution >= 0.6 is 34.4 Å². The van der Waals surface area contributed by atoms with Gasteiger partial charge in [-0.3, -0.25) is 19.3 Å². The second-order valence-corrected chi connectivity index (χ2v) is 8.39. The van der Waals surface area contributed by atoms with Crippen LogP contribution in [0.15, 0.2) is 41.3 Å². The molecule has 1 aliphatic heterocycles. The number of nitrogens with one attached hydrogen (secondary N) is 1. The number of phenolic OH excluding ortho intramolecular Hbond substituents is 1. The maximum atomic E-state index is 12.6. The monoisotopic (exact) mass is 524 g/mol. The molecule has 9 heteroatoms. The van der Waals surface area contributed by atoms with E-state index in [0.717, 1.165) is 22.2 Å². The first kappa shape index (κ1) is 21.2. The van der Waals surface area contributed by atoms with Crippen LogP contribution < -0.4 is 10.1 Å². The molecule has 0 radical (unpaired) electrons. The lowest BCUT2D eigenvalue weighted by molar-refractivity contribution is -0.127. The van der Waals surface area contributed by atoms with Crippen molar-refractivity contribution in [3.05, 3.63) is 56.0 Å². The van der Waals surface area contributed by atoms with Crippen LogP contribution in [0.3, 0.4) is 0 Å². The summed E-state index contributed by atoms with van der Waals surface area (Å²) >= 11 is 2.71. The second-order valence-electron chi connectivity index (χ2n) is 6.24. The molecule has 3 amide bonds. The molecular weight excluding hydrogens is 507 g/mol. The van der Waals surface area contributed by atoms with Gasteiger partial charge in [0.25, 0.3) is 11.1 Å². The maximum Gasteiger partial charge on any atom is 0.294 e. The molecule has 0 aromatic heterocycles. The summed E-state index contributed by atoms with van der Waals surface area (Å²) in [4.78, 5) is 38.2. The molecule has 2 aromatic carbocycles. The van der Waals surface area contributed by atoms with E-state index in [9.17, 15) is 19.5 Å². The fourth-order valence-corrected chi connectivity index (χ4v) is 4.07. The van der Waals surface area contributed by atoms with Crippen molar-refractivity contribution in [2.24, 2.45) is 0 Å². The van der Waals surface area contributed by atoms with Crippen molar-refractivity contribution in [3.8, 4) is 11.5 Å². The molecule has 7 nitrogen and oxygen atoms in total.